The maximum absolute atomic E-state index is 12.6. The van der Waals surface area contributed by atoms with Crippen LogP contribution in [-0.2, 0) is 22.7 Å². The third-order valence-electron chi connectivity index (χ3n) is 4.27. The van der Waals surface area contributed by atoms with Gasteiger partial charge in [-0.05, 0) is 30.0 Å². The highest BCUT2D eigenvalue weighted by atomic mass is 16.4. The van der Waals surface area contributed by atoms with Gasteiger partial charge in [0.05, 0.1) is 0 Å². The molecule has 0 radical (unpaired) electrons. The Labute approximate surface area is 137 Å². The van der Waals surface area contributed by atoms with E-state index in [1.165, 1.54) is 4.90 Å². The Hall–Kier alpha value is -2.90. The van der Waals surface area contributed by atoms with E-state index in [0.717, 1.165) is 11.1 Å². The first kappa shape index (κ1) is 16.0. The van der Waals surface area contributed by atoms with Crippen molar-refractivity contribution < 1.29 is 24.3 Å². The molecule has 8 nitrogen and oxygen atoms in total. The molecule has 1 fully saturated rings. The maximum atomic E-state index is 12.6. The van der Waals surface area contributed by atoms with E-state index in [0.29, 0.717) is 18.4 Å². The summed E-state index contributed by atoms with van der Waals surface area (Å²) in [5.41, 5.74) is 2.01. The van der Waals surface area contributed by atoms with E-state index >= 15 is 0 Å². The number of nitrogens with zero attached hydrogens (tertiary/aromatic N) is 1. The van der Waals surface area contributed by atoms with Crippen LogP contribution in [0.3, 0.4) is 0 Å². The zero-order chi connectivity index (χ0) is 17.3. The first-order valence-electron chi connectivity index (χ1n) is 7.69. The molecule has 0 saturated carbocycles. The fourth-order valence-electron chi connectivity index (χ4n) is 3.10. The molecular weight excluding hydrogens is 314 g/mol. The van der Waals surface area contributed by atoms with Crippen LogP contribution >= 0.6 is 0 Å². The Kier molecular flexibility index (Phi) is 4.20. The van der Waals surface area contributed by atoms with Crippen LogP contribution < -0.4 is 10.6 Å². The summed E-state index contributed by atoms with van der Waals surface area (Å²) in [5, 5.41) is 13.2. The molecule has 0 spiro atoms. The lowest BCUT2D eigenvalue weighted by molar-refractivity contribution is -0.132. The number of carboxylic acid groups (broad SMARTS) is 1. The second-order valence-electron chi connectivity index (χ2n) is 5.90. The van der Waals surface area contributed by atoms with Crippen molar-refractivity contribution >= 4 is 23.8 Å². The molecule has 8 heteroatoms. The van der Waals surface area contributed by atoms with Gasteiger partial charge in [-0.25, -0.2) is 4.79 Å². The summed E-state index contributed by atoms with van der Waals surface area (Å²) in [5.74, 6) is -0.989. The van der Waals surface area contributed by atoms with Crippen molar-refractivity contribution in [3.05, 3.63) is 34.9 Å². The number of nitrogens with one attached hydrogen (secondary N) is 2. The van der Waals surface area contributed by atoms with E-state index in [1.54, 1.807) is 18.2 Å². The first-order valence-corrected chi connectivity index (χ1v) is 7.69. The molecule has 3 N–H and O–H groups in total. The molecular formula is C16H17N3O5. The quantitative estimate of drug-likeness (QED) is 0.702. The lowest BCUT2D eigenvalue weighted by Crippen LogP contribution is -2.46. The lowest BCUT2D eigenvalue weighted by atomic mass is 10.1. The molecule has 2 heterocycles. The number of carbonyl (C=O) groups excluding carboxylic acids is 3. The minimum Gasteiger partial charge on any atom is -0.465 e. The largest absolute Gasteiger partial charge is 0.465 e. The van der Waals surface area contributed by atoms with Crippen LogP contribution in [0.4, 0.5) is 4.79 Å². The van der Waals surface area contributed by atoms with Crippen LogP contribution in [0.2, 0.25) is 0 Å². The minimum absolute atomic E-state index is 0.148. The van der Waals surface area contributed by atoms with Crippen molar-refractivity contribution in [2.75, 3.05) is 0 Å². The van der Waals surface area contributed by atoms with Gasteiger partial charge in [-0.1, -0.05) is 12.1 Å². The lowest BCUT2D eigenvalue weighted by Gasteiger charge is -2.24. The van der Waals surface area contributed by atoms with E-state index in [2.05, 4.69) is 10.6 Å². The molecule has 2 aliphatic rings. The monoisotopic (exact) mass is 331 g/mol. The van der Waals surface area contributed by atoms with Gasteiger partial charge in [0.25, 0.3) is 5.91 Å². The summed E-state index contributed by atoms with van der Waals surface area (Å²) >= 11 is 0. The summed E-state index contributed by atoms with van der Waals surface area (Å²) in [6.07, 6.45) is 0.163. The first-order chi connectivity index (χ1) is 11.5. The highest BCUT2D eigenvalue weighted by Gasteiger charge is 2.37. The number of carbonyl (C=O) groups is 4. The van der Waals surface area contributed by atoms with Crippen molar-refractivity contribution in [1.29, 1.82) is 0 Å². The third-order valence-corrected chi connectivity index (χ3v) is 4.27. The van der Waals surface area contributed by atoms with Crippen LogP contribution in [0.5, 0.6) is 0 Å². The Morgan fingerprint density at radius 1 is 1.33 bits per heavy atom. The SMILES string of the molecule is O=C(O)NCc1ccc2c(c1)CN(C1CCCC(=O)NC1=O)C2=O. The molecule has 1 unspecified atom stereocenters. The van der Waals surface area contributed by atoms with Crippen molar-refractivity contribution in [3.8, 4) is 0 Å². The van der Waals surface area contributed by atoms with E-state index in [1.807, 2.05) is 0 Å². The van der Waals surface area contributed by atoms with Gasteiger partial charge in [-0.3, -0.25) is 19.7 Å². The van der Waals surface area contributed by atoms with Crippen LogP contribution in [0.25, 0.3) is 0 Å². The summed E-state index contributed by atoms with van der Waals surface area (Å²) in [4.78, 5) is 48.2. The Balaban J connectivity index is 1.78. The molecule has 0 bridgehead atoms. The average Bonchev–Trinajstić information content (AvgIpc) is 2.75. The molecule has 0 aromatic heterocycles. The highest BCUT2D eigenvalue weighted by molar-refractivity contribution is 6.04. The zero-order valence-electron chi connectivity index (χ0n) is 12.9. The van der Waals surface area contributed by atoms with Crippen molar-refractivity contribution in [2.24, 2.45) is 0 Å². The summed E-state index contributed by atoms with van der Waals surface area (Å²) in [7, 11) is 0. The predicted octanol–water partition coefficient (Wildman–Crippen LogP) is 0.605. The van der Waals surface area contributed by atoms with Gasteiger partial charge < -0.3 is 15.3 Å². The summed E-state index contributed by atoms with van der Waals surface area (Å²) in [6.45, 7) is 0.427. The van der Waals surface area contributed by atoms with Gasteiger partial charge in [-0.2, -0.15) is 0 Å². The zero-order valence-corrected chi connectivity index (χ0v) is 12.9. The second-order valence-corrected chi connectivity index (χ2v) is 5.90. The van der Waals surface area contributed by atoms with Gasteiger partial charge in [-0.15, -0.1) is 0 Å². The average molecular weight is 331 g/mol. The van der Waals surface area contributed by atoms with Crippen LogP contribution in [0.15, 0.2) is 18.2 Å². The number of hydrogen-bond acceptors (Lipinski definition) is 4. The molecule has 2 aliphatic heterocycles. The van der Waals surface area contributed by atoms with E-state index < -0.39 is 18.0 Å². The molecule has 1 aromatic rings. The molecule has 0 aliphatic carbocycles. The summed E-state index contributed by atoms with van der Waals surface area (Å²) < 4.78 is 0. The van der Waals surface area contributed by atoms with E-state index in [4.69, 9.17) is 5.11 Å². The number of rotatable bonds is 3. The van der Waals surface area contributed by atoms with Crippen molar-refractivity contribution in [3.63, 3.8) is 0 Å². The molecule has 1 atom stereocenters. The van der Waals surface area contributed by atoms with E-state index in [9.17, 15) is 19.2 Å². The van der Waals surface area contributed by atoms with Gasteiger partial charge >= 0.3 is 6.09 Å². The Bertz CT molecular complexity index is 730. The Morgan fingerprint density at radius 2 is 2.12 bits per heavy atom. The van der Waals surface area contributed by atoms with Gasteiger partial charge in [0, 0.05) is 25.1 Å². The third kappa shape index (κ3) is 3.08. The van der Waals surface area contributed by atoms with E-state index in [-0.39, 0.29) is 31.3 Å². The standard InChI is InChI=1S/C16H17N3O5/c20-13-3-1-2-12(14(21)18-13)19-8-10-6-9(7-17-16(23)24)4-5-11(10)15(19)22/h4-6,12,17H,1-3,7-8H2,(H,23,24)(H,18,20,21). The summed E-state index contributed by atoms with van der Waals surface area (Å²) in [6, 6.07) is 4.45. The smallest absolute Gasteiger partial charge is 0.404 e. The fraction of sp³-hybridized carbons (Fsp3) is 0.375. The molecule has 126 valence electrons. The van der Waals surface area contributed by atoms with Crippen LogP contribution in [0, 0.1) is 0 Å². The molecule has 3 rings (SSSR count). The fourth-order valence-corrected chi connectivity index (χ4v) is 3.10. The second kappa shape index (κ2) is 6.31. The molecule has 24 heavy (non-hydrogen) atoms. The normalized spacial score (nSPS) is 20.4. The Morgan fingerprint density at radius 3 is 2.88 bits per heavy atom. The molecule has 1 saturated heterocycles. The number of benzene rings is 1. The number of imide groups is 1. The van der Waals surface area contributed by atoms with Crippen LogP contribution in [-0.4, -0.2) is 39.9 Å². The van der Waals surface area contributed by atoms with Crippen molar-refractivity contribution in [2.45, 2.75) is 38.4 Å². The maximum Gasteiger partial charge on any atom is 0.404 e. The highest BCUT2D eigenvalue weighted by Crippen LogP contribution is 2.28. The predicted molar refractivity (Wildman–Crippen MR) is 82.0 cm³/mol. The van der Waals surface area contributed by atoms with Gasteiger partial charge in [0.2, 0.25) is 11.8 Å². The number of amides is 4. The van der Waals surface area contributed by atoms with Crippen LogP contribution in [0.1, 0.15) is 40.7 Å². The molecule has 4 amide bonds. The number of hydrogen-bond donors (Lipinski definition) is 3. The topological polar surface area (TPSA) is 116 Å². The van der Waals surface area contributed by atoms with Crippen molar-refractivity contribution in [1.82, 2.24) is 15.5 Å². The van der Waals surface area contributed by atoms with Gasteiger partial charge in [0.15, 0.2) is 0 Å². The molecule has 1 aromatic carbocycles. The van der Waals surface area contributed by atoms with Gasteiger partial charge in [0.1, 0.15) is 6.04 Å². The number of fused-ring (bicyclic) bond motifs is 1. The minimum atomic E-state index is -1.12.